The van der Waals surface area contributed by atoms with Crippen LogP contribution < -0.4 is 9.47 Å². The SMILES string of the molecule is OC1(COc2ccccc2)CCCN(Cc2cccc(OCCN3CCCC3)c2)C1. The topological polar surface area (TPSA) is 45.2 Å². The minimum atomic E-state index is -0.808. The second-order valence-electron chi connectivity index (χ2n) is 8.68. The highest BCUT2D eigenvalue weighted by molar-refractivity contribution is 5.28. The van der Waals surface area contributed by atoms with Crippen molar-refractivity contribution in [1.82, 2.24) is 9.80 Å². The summed E-state index contributed by atoms with van der Waals surface area (Å²) >= 11 is 0. The summed E-state index contributed by atoms with van der Waals surface area (Å²) in [5.74, 6) is 1.74. The molecule has 5 nitrogen and oxygen atoms in total. The molecule has 0 radical (unpaired) electrons. The molecular weight excluding hydrogens is 376 g/mol. The smallest absolute Gasteiger partial charge is 0.119 e. The Bertz CT molecular complexity index is 779. The molecule has 2 aromatic rings. The van der Waals surface area contributed by atoms with E-state index in [0.29, 0.717) is 13.2 Å². The van der Waals surface area contributed by atoms with E-state index in [1.165, 1.54) is 31.5 Å². The third-order valence-electron chi connectivity index (χ3n) is 6.06. The first-order chi connectivity index (χ1) is 14.7. The van der Waals surface area contributed by atoms with E-state index < -0.39 is 5.60 Å². The van der Waals surface area contributed by atoms with Gasteiger partial charge in [0.2, 0.25) is 0 Å². The number of ether oxygens (including phenoxy) is 2. The fraction of sp³-hybridized carbons (Fsp3) is 0.520. The van der Waals surface area contributed by atoms with Gasteiger partial charge in [-0.05, 0) is 75.1 Å². The molecule has 0 aromatic heterocycles. The average Bonchev–Trinajstić information content (AvgIpc) is 3.27. The molecule has 5 heteroatoms. The first-order valence-corrected chi connectivity index (χ1v) is 11.3. The molecule has 2 aromatic carbocycles. The molecule has 0 aliphatic carbocycles. The summed E-state index contributed by atoms with van der Waals surface area (Å²) in [6, 6.07) is 18.1. The van der Waals surface area contributed by atoms with Gasteiger partial charge in [0, 0.05) is 19.6 Å². The summed E-state index contributed by atoms with van der Waals surface area (Å²) in [7, 11) is 0. The molecule has 2 aliphatic rings. The van der Waals surface area contributed by atoms with Crippen LogP contribution in [0.1, 0.15) is 31.2 Å². The monoisotopic (exact) mass is 410 g/mol. The number of piperidine rings is 1. The van der Waals surface area contributed by atoms with Gasteiger partial charge < -0.3 is 14.6 Å². The molecule has 0 spiro atoms. The van der Waals surface area contributed by atoms with E-state index in [4.69, 9.17) is 9.47 Å². The normalized spacial score (nSPS) is 22.8. The third kappa shape index (κ3) is 6.21. The van der Waals surface area contributed by atoms with Crippen molar-refractivity contribution in [2.45, 2.75) is 37.8 Å². The van der Waals surface area contributed by atoms with Gasteiger partial charge >= 0.3 is 0 Å². The average molecular weight is 411 g/mol. The van der Waals surface area contributed by atoms with E-state index >= 15 is 0 Å². The molecule has 2 fully saturated rings. The Morgan fingerprint density at radius 2 is 1.60 bits per heavy atom. The molecule has 1 N–H and O–H groups in total. The Kier molecular flexibility index (Phi) is 7.26. The number of nitrogens with zero attached hydrogens (tertiary/aromatic N) is 2. The molecule has 4 rings (SSSR count). The van der Waals surface area contributed by atoms with Crippen LogP contribution >= 0.6 is 0 Å². The quantitative estimate of drug-likeness (QED) is 0.685. The molecule has 1 atom stereocenters. The van der Waals surface area contributed by atoms with Gasteiger partial charge in [-0.3, -0.25) is 9.80 Å². The molecule has 2 saturated heterocycles. The van der Waals surface area contributed by atoms with Crippen LogP contribution in [0.5, 0.6) is 11.5 Å². The van der Waals surface area contributed by atoms with Gasteiger partial charge in [-0.25, -0.2) is 0 Å². The van der Waals surface area contributed by atoms with Crippen LogP contribution in [-0.4, -0.2) is 66.4 Å². The predicted molar refractivity (Wildman–Crippen MR) is 119 cm³/mol. The minimum Gasteiger partial charge on any atom is -0.492 e. The summed E-state index contributed by atoms with van der Waals surface area (Å²) in [4.78, 5) is 4.79. The van der Waals surface area contributed by atoms with Crippen LogP contribution in [0.2, 0.25) is 0 Å². The first kappa shape index (κ1) is 21.2. The second-order valence-corrected chi connectivity index (χ2v) is 8.68. The maximum absolute atomic E-state index is 11.1. The maximum atomic E-state index is 11.1. The maximum Gasteiger partial charge on any atom is 0.119 e. The summed E-state index contributed by atoms with van der Waals surface area (Å²) in [5.41, 5.74) is 0.416. The van der Waals surface area contributed by atoms with E-state index in [-0.39, 0.29) is 0 Å². The zero-order valence-corrected chi connectivity index (χ0v) is 17.8. The lowest BCUT2D eigenvalue weighted by atomic mass is 9.93. The van der Waals surface area contributed by atoms with Gasteiger partial charge in [-0.15, -0.1) is 0 Å². The van der Waals surface area contributed by atoms with Gasteiger partial charge in [0.15, 0.2) is 0 Å². The standard InChI is InChI=1S/C25H34N2O3/c28-25(21-30-23-9-2-1-3-10-23)12-7-15-27(20-25)19-22-8-6-11-24(18-22)29-17-16-26-13-4-5-14-26/h1-3,6,8-11,18,28H,4-5,7,12-17,19-21H2. The van der Waals surface area contributed by atoms with E-state index in [1.54, 1.807) is 0 Å². The molecule has 2 aliphatic heterocycles. The van der Waals surface area contributed by atoms with Gasteiger partial charge in [-0.2, -0.15) is 0 Å². The zero-order chi connectivity index (χ0) is 20.7. The Labute approximate surface area is 180 Å². The summed E-state index contributed by atoms with van der Waals surface area (Å²) in [6.07, 6.45) is 4.37. The van der Waals surface area contributed by atoms with Crippen molar-refractivity contribution >= 4 is 0 Å². The molecule has 1 unspecified atom stereocenters. The van der Waals surface area contributed by atoms with Crippen LogP contribution in [0.3, 0.4) is 0 Å². The van der Waals surface area contributed by atoms with Crippen LogP contribution in [0.25, 0.3) is 0 Å². The number of hydrogen-bond acceptors (Lipinski definition) is 5. The molecule has 0 bridgehead atoms. The highest BCUT2D eigenvalue weighted by Gasteiger charge is 2.34. The van der Waals surface area contributed by atoms with E-state index in [9.17, 15) is 5.11 Å². The number of para-hydroxylation sites is 1. The lowest BCUT2D eigenvalue weighted by Crippen LogP contribution is -2.51. The third-order valence-corrected chi connectivity index (χ3v) is 6.06. The first-order valence-electron chi connectivity index (χ1n) is 11.3. The Balaban J connectivity index is 1.26. The fourth-order valence-corrected chi connectivity index (χ4v) is 4.48. The number of hydrogen-bond donors (Lipinski definition) is 1. The van der Waals surface area contributed by atoms with Crippen molar-refractivity contribution in [3.63, 3.8) is 0 Å². The van der Waals surface area contributed by atoms with Crippen LogP contribution in [0.4, 0.5) is 0 Å². The van der Waals surface area contributed by atoms with Crippen molar-refractivity contribution in [3.8, 4) is 11.5 Å². The Morgan fingerprint density at radius 1 is 0.833 bits per heavy atom. The van der Waals surface area contributed by atoms with Crippen molar-refractivity contribution in [3.05, 3.63) is 60.2 Å². The molecular formula is C25H34N2O3. The fourth-order valence-electron chi connectivity index (χ4n) is 4.48. The van der Waals surface area contributed by atoms with E-state index in [1.807, 2.05) is 36.4 Å². The minimum absolute atomic E-state index is 0.327. The van der Waals surface area contributed by atoms with Crippen LogP contribution in [0, 0.1) is 0 Å². The molecule has 2 heterocycles. The highest BCUT2D eigenvalue weighted by Crippen LogP contribution is 2.25. The Hall–Kier alpha value is -2.08. The Morgan fingerprint density at radius 3 is 2.43 bits per heavy atom. The predicted octanol–water partition coefficient (Wildman–Crippen LogP) is 3.57. The van der Waals surface area contributed by atoms with Crippen LogP contribution in [-0.2, 0) is 6.54 Å². The summed E-state index contributed by atoms with van der Waals surface area (Å²) < 4.78 is 11.8. The van der Waals surface area contributed by atoms with Crippen molar-refractivity contribution < 1.29 is 14.6 Å². The van der Waals surface area contributed by atoms with Crippen LogP contribution in [0.15, 0.2) is 54.6 Å². The van der Waals surface area contributed by atoms with E-state index in [0.717, 1.165) is 50.6 Å². The molecule has 0 saturated carbocycles. The largest absolute Gasteiger partial charge is 0.492 e. The van der Waals surface area contributed by atoms with Gasteiger partial charge in [0.25, 0.3) is 0 Å². The number of likely N-dealkylation sites (tertiary alicyclic amines) is 2. The number of benzene rings is 2. The van der Waals surface area contributed by atoms with Gasteiger partial charge in [-0.1, -0.05) is 30.3 Å². The highest BCUT2D eigenvalue weighted by atomic mass is 16.5. The molecule has 162 valence electrons. The number of rotatable bonds is 9. The lowest BCUT2D eigenvalue weighted by Gasteiger charge is -2.39. The zero-order valence-electron chi connectivity index (χ0n) is 17.8. The lowest BCUT2D eigenvalue weighted by molar-refractivity contribution is -0.0621. The van der Waals surface area contributed by atoms with Crippen molar-refractivity contribution in [2.75, 3.05) is 45.9 Å². The van der Waals surface area contributed by atoms with Gasteiger partial charge in [0.1, 0.15) is 30.3 Å². The molecule has 30 heavy (non-hydrogen) atoms. The second kappa shape index (κ2) is 10.3. The summed E-state index contributed by atoms with van der Waals surface area (Å²) in [6.45, 7) is 6.91. The van der Waals surface area contributed by atoms with Crippen molar-refractivity contribution in [1.29, 1.82) is 0 Å². The number of β-amino-alcohol motifs (C(OH)–C–C–N with tert-alkyl or cyclic N) is 1. The summed E-state index contributed by atoms with van der Waals surface area (Å²) in [5, 5.41) is 11.1. The van der Waals surface area contributed by atoms with E-state index in [2.05, 4.69) is 28.0 Å². The number of aliphatic hydroxyl groups is 1. The molecule has 0 amide bonds. The van der Waals surface area contributed by atoms with Gasteiger partial charge in [0.05, 0.1) is 0 Å². The van der Waals surface area contributed by atoms with Crippen molar-refractivity contribution in [2.24, 2.45) is 0 Å².